The number of rotatable bonds is 4. The highest BCUT2D eigenvalue weighted by atomic mass is 14.9. The van der Waals surface area contributed by atoms with Crippen molar-refractivity contribution in [2.75, 3.05) is 6.54 Å². The lowest BCUT2D eigenvalue weighted by Crippen LogP contribution is -2.49. The molecule has 4 bridgehead atoms. The minimum absolute atomic E-state index is 0.588. The lowest BCUT2D eigenvalue weighted by atomic mass is 9.49. The van der Waals surface area contributed by atoms with Crippen molar-refractivity contribution in [2.24, 2.45) is 23.2 Å². The van der Waals surface area contributed by atoms with Crippen LogP contribution in [0.5, 0.6) is 0 Å². The van der Waals surface area contributed by atoms with Gasteiger partial charge in [0.25, 0.3) is 0 Å². The molecule has 4 saturated carbocycles. The van der Waals surface area contributed by atoms with Gasteiger partial charge in [-0.1, -0.05) is 0 Å². The summed E-state index contributed by atoms with van der Waals surface area (Å²) in [7, 11) is 0. The van der Waals surface area contributed by atoms with Crippen LogP contribution in [-0.2, 0) is 0 Å². The molecule has 0 aromatic heterocycles. The highest BCUT2D eigenvalue weighted by Gasteiger charge is 2.50. The molecule has 2 heteroatoms. The minimum Gasteiger partial charge on any atom is -0.390 e. The summed E-state index contributed by atoms with van der Waals surface area (Å²) in [4.78, 5) is 0. The second kappa shape index (κ2) is 5.04. The van der Waals surface area contributed by atoms with Gasteiger partial charge in [0.15, 0.2) is 0 Å². The fourth-order valence-electron chi connectivity index (χ4n) is 5.15. The van der Waals surface area contributed by atoms with E-state index in [1.807, 2.05) is 19.1 Å². The molecule has 4 aliphatic rings. The maximum atomic E-state index is 8.51. The molecule has 0 aliphatic heterocycles. The molecular weight excluding hydrogens is 232 g/mol. The molecule has 0 heterocycles. The molecule has 0 saturated heterocycles. The summed E-state index contributed by atoms with van der Waals surface area (Å²) in [6, 6.07) is 2.03. The average Bonchev–Trinajstić information content (AvgIpc) is 2.34. The van der Waals surface area contributed by atoms with Gasteiger partial charge in [0.1, 0.15) is 0 Å². The quantitative estimate of drug-likeness (QED) is 0.614. The van der Waals surface area contributed by atoms with Crippen LogP contribution in [-0.4, -0.2) is 6.54 Å². The Labute approximate surface area is 116 Å². The van der Waals surface area contributed by atoms with Gasteiger partial charge in [-0.15, -0.1) is 0 Å². The van der Waals surface area contributed by atoms with Crippen LogP contribution >= 0.6 is 0 Å². The molecule has 0 aromatic carbocycles. The van der Waals surface area contributed by atoms with Crippen molar-refractivity contribution in [3.05, 3.63) is 23.9 Å². The zero-order valence-electron chi connectivity index (χ0n) is 11.9. The van der Waals surface area contributed by atoms with E-state index in [0.717, 1.165) is 29.9 Å². The van der Waals surface area contributed by atoms with Gasteiger partial charge in [-0.3, -0.25) is 0 Å². The summed E-state index contributed by atoms with van der Waals surface area (Å²) < 4.78 is 0. The molecule has 102 valence electrons. The van der Waals surface area contributed by atoms with Crippen LogP contribution in [0, 0.1) is 34.5 Å². The van der Waals surface area contributed by atoms with E-state index >= 15 is 0 Å². The van der Waals surface area contributed by atoms with Crippen molar-refractivity contribution < 1.29 is 0 Å². The van der Waals surface area contributed by atoms with E-state index in [-0.39, 0.29) is 0 Å². The fraction of sp³-hybridized carbons (Fsp3) is 0.706. The van der Waals surface area contributed by atoms with Crippen molar-refractivity contribution >= 4 is 0 Å². The van der Waals surface area contributed by atoms with Gasteiger partial charge in [0.05, 0.1) is 6.07 Å². The number of hydrogen-bond acceptors (Lipinski definition) is 2. The maximum absolute atomic E-state index is 8.51. The molecule has 0 spiro atoms. The molecule has 4 aliphatic carbocycles. The number of nitrogens with one attached hydrogen (secondary N) is 1. The highest BCUT2D eigenvalue weighted by Crippen LogP contribution is 2.59. The number of nitriles is 1. The summed E-state index contributed by atoms with van der Waals surface area (Å²) in [6.45, 7) is 3.18. The topological polar surface area (TPSA) is 35.8 Å². The van der Waals surface area contributed by atoms with Crippen LogP contribution in [0.2, 0.25) is 0 Å². The molecule has 0 radical (unpaired) electrons. The third kappa shape index (κ3) is 2.71. The van der Waals surface area contributed by atoms with Gasteiger partial charge in [-0.05, 0) is 86.5 Å². The third-order valence-electron chi connectivity index (χ3n) is 5.39. The van der Waals surface area contributed by atoms with Crippen molar-refractivity contribution in [3.63, 3.8) is 0 Å². The first-order valence-corrected chi connectivity index (χ1v) is 7.65. The molecule has 1 N–H and O–H groups in total. The van der Waals surface area contributed by atoms with Crippen LogP contribution < -0.4 is 5.32 Å². The number of hydrogen-bond donors (Lipinski definition) is 1. The normalized spacial score (nSPS) is 40.6. The number of allylic oxidation sites excluding steroid dienone is 3. The van der Waals surface area contributed by atoms with E-state index in [1.54, 1.807) is 0 Å². The first kappa shape index (κ1) is 12.8. The Morgan fingerprint density at radius 1 is 1.21 bits per heavy atom. The van der Waals surface area contributed by atoms with Crippen molar-refractivity contribution in [1.29, 1.82) is 5.26 Å². The molecule has 0 atom stereocenters. The van der Waals surface area contributed by atoms with E-state index in [1.165, 1.54) is 44.6 Å². The molecule has 0 unspecified atom stereocenters. The Hall–Kier alpha value is -1.23. The van der Waals surface area contributed by atoms with Crippen LogP contribution in [0.25, 0.3) is 0 Å². The van der Waals surface area contributed by atoms with E-state index in [2.05, 4.69) is 11.5 Å². The fourth-order valence-corrected chi connectivity index (χ4v) is 5.15. The maximum Gasteiger partial charge on any atom is 0.0912 e. The van der Waals surface area contributed by atoms with E-state index in [9.17, 15) is 0 Å². The Kier molecular flexibility index (Phi) is 3.39. The lowest BCUT2D eigenvalue weighted by molar-refractivity contribution is -0.0497. The standard InChI is InChI=1S/C17H24N2/c1-13(3-2-4-18)11-19-12-17-8-14-5-15(9-17)7-16(6-14)10-17/h2-3,11,14-16,19H,5-10,12H2,1H3/b3-2-,13-11-. The Morgan fingerprint density at radius 3 is 2.32 bits per heavy atom. The highest BCUT2D eigenvalue weighted by molar-refractivity contribution is 5.20. The second-order valence-electron chi connectivity index (χ2n) is 7.15. The first-order chi connectivity index (χ1) is 9.19. The van der Waals surface area contributed by atoms with Crippen LogP contribution in [0.1, 0.15) is 45.4 Å². The van der Waals surface area contributed by atoms with Gasteiger partial charge in [0.2, 0.25) is 0 Å². The van der Waals surface area contributed by atoms with E-state index < -0.39 is 0 Å². The Bertz CT molecular complexity index is 403. The van der Waals surface area contributed by atoms with Crippen molar-refractivity contribution in [2.45, 2.75) is 45.4 Å². The average molecular weight is 256 g/mol. The molecule has 2 nitrogen and oxygen atoms in total. The number of nitrogens with zero attached hydrogens (tertiary/aromatic N) is 1. The van der Waals surface area contributed by atoms with Gasteiger partial charge in [0, 0.05) is 12.6 Å². The van der Waals surface area contributed by atoms with Crippen LogP contribution in [0.3, 0.4) is 0 Å². The molecule has 0 aromatic rings. The smallest absolute Gasteiger partial charge is 0.0912 e. The lowest BCUT2D eigenvalue weighted by Gasteiger charge is -2.56. The predicted octanol–water partition coefficient (Wildman–Crippen LogP) is 3.78. The predicted molar refractivity (Wildman–Crippen MR) is 77.1 cm³/mol. The monoisotopic (exact) mass is 256 g/mol. The summed E-state index contributed by atoms with van der Waals surface area (Å²) >= 11 is 0. The van der Waals surface area contributed by atoms with Gasteiger partial charge >= 0.3 is 0 Å². The molecular formula is C17H24N2. The summed E-state index contributed by atoms with van der Waals surface area (Å²) in [6.07, 6.45) is 14.4. The minimum atomic E-state index is 0.588. The van der Waals surface area contributed by atoms with Gasteiger partial charge in [-0.2, -0.15) is 5.26 Å². The Balaban J connectivity index is 1.58. The Morgan fingerprint density at radius 2 is 1.79 bits per heavy atom. The third-order valence-corrected chi connectivity index (χ3v) is 5.39. The zero-order valence-corrected chi connectivity index (χ0v) is 11.9. The largest absolute Gasteiger partial charge is 0.390 e. The summed E-state index contributed by atoms with van der Waals surface area (Å²) in [5.74, 6) is 3.07. The van der Waals surface area contributed by atoms with Gasteiger partial charge in [-0.25, -0.2) is 0 Å². The summed E-state index contributed by atoms with van der Waals surface area (Å²) in [5.41, 5.74) is 1.72. The van der Waals surface area contributed by atoms with E-state index in [4.69, 9.17) is 5.26 Å². The van der Waals surface area contributed by atoms with Gasteiger partial charge < -0.3 is 5.32 Å². The molecule has 4 rings (SSSR count). The molecule has 4 fully saturated rings. The van der Waals surface area contributed by atoms with Crippen molar-refractivity contribution in [3.8, 4) is 6.07 Å². The molecule has 0 amide bonds. The SMILES string of the molecule is CC(/C=C\C#N)=C/NCC12CC3CC(CC(C3)C1)C2. The van der Waals surface area contributed by atoms with Crippen LogP contribution in [0.4, 0.5) is 0 Å². The van der Waals surface area contributed by atoms with Crippen LogP contribution in [0.15, 0.2) is 23.9 Å². The zero-order chi connectivity index (χ0) is 13.3. The first-order valence-electron chi connectivity index (χ1n) is 7.65. The van der Waals surface area contributed by atoms with Crippen molar-refractivity contribution in [1.82, 2.24) is 5.32 Å². The molecule has 19 heavy (non-hydrogen) atoms. The van der Waals surface area contributed by atoms with E-state index in [0.29, 0.717) is 5.41 Å². The second-order valence-corrected chi connectivity index (χ2v) is 7.15. The summed E-state index contributed by atoms with van der Waals surface area (Å²) in [5, 5.41) is 12.0.